The third kappa shape index (κ3) is 2.59. The molecule has 0 aliphatic rings. The van der Waals surface area contributed by atoms with Crippen molar-refractivity contribution in [3.8, 4) is 5.75 Å². The molecule has 0 amide bonds. The molecule has 6 nitrogen and oxygen atoms in total. The second kappa shape index (κ2) is 5.09. The molecule has 0 atom stereocenters. The first-order valence-corrected chi connectivity index (χ1v) is 6.18. The van der Waals surface area contributed by atoms with Gasteiger partial charge < -0.3 is 15.2 Å². The summed E-state index contributed by atoms with van der Waals surface area (Å²) in [7, 11) is 0. The van der Waals surface area contributed by atoms with E-state index in [0.717, 1.165) is 0 Å². The quantitative estimate of drug-likeness (QED) is 0.624. The minimum atomic E-state index is -0.416. The highest BCUT2D eigenvalue weighted by molar-refractivity contribution is 5.77. The highest BCUT2D eigenvalue weighted by Crippen LogP contribution is 2.17. The summed E-state index contributed by atoms with van der Waals surface area (Å²) in [5.74, 6) is -0.0271. The van der Waals surface area contributed by atoms with Gasteiger partial charge in [0, 0.05) is 17.8 Å². The molecule has 0 aliphatic carbocycles. The zero-order valence-electron chi connectivity index (χ0n) is 10.8. The predicted molar refractivity (Wildman–Crippen MR) is 78.8 cm³/mol. The smallest absolute Gasteiger partial charge is 0.274 e. The lowest BCUT2D eigenvalue weighted by atomic mass is 10.1. The molecule has 0 aliphatic heterocycles. The molecule has 0 fully saturated rings. The van der Waals surface area contributed by atoms with Crippen LogP contribution < -0.4 is 5.56 Å². The Hall–Kier alpha value is -3.15. The molecule has 0 unspecified atom stereocenters. The molecule has 3 rings (SSSR count). The number of phenolic OH excluding ortho intramolecular Hbond substituents is 1. The second-order valence-corrected chi connectivity index (χ2v) is 4.40. The van der Waals surface area contributed by atoms with E-state index in [9.17, 15) is 15.0 Å². The van der Waals surface area contributed by atoms with Gasteiger partial charge in [0.25, 0.3) is 5.56 Å². The third-order valence-corrected chi connectivity index (χ3v) is 2.93. The number of hydrogen-bond donors (Lipinski definition) is 3. The van der Waals surface area contributed by atoms with Crippen LogP contribution in [0.25, 0.3) is 23.0 Å². The SMILES string of the molecule is O=c1[nH]c2cccnc2nc1/C=C(\O)c1ccc(O)cc1. The summed E-state index contributed by atoms with van der Waals surface area (Å²) in [6, 6.07) is 9.36. The summed E-state index contributed by atoms with van der Waals surface area (Å²) >= 11 is 0. The number of nitrogens with zero attached hydrogens (tertiary/aromatic N) is 2. The zero-order valence-corrected chi connectivity index (χ0v) is 10.8. The van der Waals surface area contributed by atoms with Crippen LogP contribution in [0, 0.1) is 0 Å². The summed E-state index contributed by atoms with van der Waals surface area (Å²) < 4.78 is 0. The summed E-state index contributed by atoms with van der Waals surface area (Å²) in [6.45, 7) is 0. The molecule has 2 aromatic heterocycles. The minimum absolute atomic E-state index is 0.0618. The van der Waals surface area contributed by atoms with Crippen LogP contribution >= 0.6 is 0 Å². The van der Waals surface area contributed by atoms with Gasteiger partial charge in [-0.05, 0) is 36.4 Å². The van der Waals surface area contributed by atoms with Crippen LogP contribution in [0.4, 0.5) is 0 Å². The monoisotopic (exact) mass is 281 g/mol. The topological polar surface area (TPSA) is 99.1 Å². The molecule has 0 bridgehead atoms. The predicted octanol–water partition coefficient (Wildman–Crippen LogP) is 2.08. The standard InChI is InChI=1S/C15H11N3O3/c19-10-5-3-9(4-6-10)13(20)8-12-15(21)18-11-2-1-7-16-14(11)17-12/h1-8,19-20H,(H,18,21)/b13-8-. The van der Waals surface area contributed by atoms with Crippen molar-refractivity contribution >= 4 is 23.0 Å². The van der Waals surface area contributed by atoms with E-state index in [1.807, 2.05) is 0 Å². The van der Waals surface area contributed by atoms with Gasteiger partial charge in [0.1, 0.15) is 17.2 Å². The number of hydrogen-bond acceptors (Lipinski definition) is 5. The lowest BCUT2D eigenvalue weighted by Gasteiger charge is -2.01. The number of pyridine rings is 1. The van der Waals surface area contributed by atoms with Gasteiger partial charge in [0.15, 0.2) is 5.65 Å². The van der Waals surface area contributed by atoms with Crippen LogP contribution in [0.1, 0.15) is 11.3 Å². The molecule has 0 radical (unpaired) electrons. The van der Waals surface area contributed by atoms with E-state index >= 15 is 0 Å². The van der Waals surface area contributed by atoms with Crippen molar-refractivity contribution in [2.45, 2.75) is 0 Å². The van der Waals surface area contributed by atoms with Gasteiger partial charge in [-0.15, -0.1) is 0 Å². The lowest BCUT2D eigenvalue weighted by molar-refractivity contribution is 0.475. The van der Waals surface area contributed by atoms with E-state index < -0.39 is 5.56 Å². The van der Waals surface area contributed by atoms with Gasteiger partial charge in [0.05, 0.1) is 5.52 Å². The molecule has 104 valence electrons. The Labute approximate surface area is 119 Å². The molecule has 1 aromatic carbocycles. The normalized spacial score (nSPS) is 11.7. The van der Waals surface area contributed by atoms with Crippen molar-refractivity contribution in [3.05, 3.63) is 64.2 Å². The number of fused-ring (bicyclic) bond motifs is 1. The highest BCUT2D eigenvalue weighted by atomic mass is 16.3. The maximum absolute atomic E-state index is 11.9. The number of aliphatic hydroxyl groups is 1. The third-order valence-electron chi connectivity index (χ3n) is 2.93. The maximum Gasteiger partial charge on any atom is 0.274 e. The number of nitrogens with one attached hydrogen (secondary N) is 1. The average Bonchev–Trinajstić information content (AvgIpc) is 2.48. The van der Waals surface area contributed by atoms with Gasteiger partial charge in [-0.25, -0.2) is 9.97 Å². The van der Waals surface area contributed by atoms with Crippen molar-refractivity contribution in [2.24, 2.45) is 0 Å². The van der Waals surface area contributed by atoms with Crippen LogP contribution in [0.3, 0.4) is 0 Å². The number of H-pyrrole nitrogens is 1. The number of aromatic nitrogens is 3. The van der Waals surface area contributed by atoms with E-state index in [4.69, 9.17) is 0 Å². The van der Waals surface area contributed by atoms with Crippen LogP contribution in [-0.4, -0.2) is 25.2 Å². The second-order valence-electron chi connectivity index (χ2n) is 4.40. The number of rotatable bonds is 2. The Kier molecular flexibility index (Phi) is 3.12. The van der Waals surface area contributed by atoms with Crippen LogP contribution in [0.15, 0.2) is 47.4 Å². The van der Waals surface area contributed by atoms with Gasteiger partial charge in [-0.1, -0.05) is 0 Å². The number of aromatic hydroxyl groups is 1. The molecular weight excluding hydrogens is 270 g/mol. The van der Waals surface area contributed by atoms with Gasteiger partial charge >= 0.3 is 0 Å². The average molecular weight is 281 g/mol. The van der Waals surface area contributed by atoms with E-state index in [0.29, 0.717) is 16.7 Å². The Balaban J connectivity index is 2.07. The Morgan fingerprint density at radius 1 is 1.19 bits per heavy atom. The van der Waals surface area contributed by atoms with Crippen LogP contribution in [-0.2, 0) is 0 Å². The molecule has 3 aromatic rings. The molecule has 21 heavy (non-hydrogen) atoms. The number of aromatic amines is 1. The molecule has 0 saturated heterocycles. The summed E-state index contributed by atoms with van der Waals surface area (Å²) in [6.07, 6.45) is 2.83. The molecule has 0 spiro atoms. The fourth-order valence-corrected chi connectivity index (χ4v) is 1.88. The van der Waals surface area contributed by atoms with Crippen molar-refractivity contribution in [1.29, 1.82) is 0 Å². The Morgan fingerprint density at radius 3 is 2.71 bits per heavy atom. The van der Waals surface area contributed by atoms with E-state index in [2.05, 4.69) is 15.0 Å². The maximum atomic E-state index is 11.9. The van der Waals surface area contributed by atoms with E-state index in [1.165, 1.54) is 30.3 Å². The largest absolute Gasteiger partial charge is 0.508 e. The first-order chi connectivity index (χ1) is 10.1. The summed E-state index contributed by atoms with van der Waals surface area (Å²) in [5.41, 5.74) is 1.04. The highest BCUT2D eigenvalue weighted by Gasteiger charge is 2.06. The van der Waals surface area contributed by atoms with Crippen LogP contribution in [0.2, 0.25) is 0 Å². The van der Waals surface area contributed by atoms with Crippen molar-refractivity contribution in [2.75, 3.05) is 0 Å². The molecule has 6 heteroatoms. The minimum Gasteiger partial charge on any atom is -0.508 e. The van der Waals surface area contributed by atoms with Gasteiger partial charge in [-0.2, -0.15) is 0 Å². The zero-order chi connectivity index (χ0) is 14.8. The Morgan fingerprint density at radius 2 is 1.95 bits per heavy atom. The molecule has 2 heterocycles. The van der Waals surface area contributed by atoms with Crippen molar-refractivity contribution in [1.82, 2.24) is 15.0 Å². The fraction of sp³-hybridized carbons (Fsp3) is 0. The number of aliphatic hydroxyl groups excluding tert-OH is 1. The number of phenols is 1. The van der Waals surface area contributed by atoms with Gasteiger partial charge in [-0.3, -0.25) is 4.79 Å². The van der Waals surface area contributed by atoms with Gasteiger partial charge in [0.2, 0.25) is 0 Å². The molecule has 0 saturated carbocycles. The Bertz CT molecular complexity index is 883. The first-order valence-electron chi connectivity index (χ1n) is 6.18. The first kappa shape index (κ1) is 12.9. The van der Waals surface area contributed by atoms with Crippen molar-refractivity contribution in [3.63, 3.8) is 0 Å². The van der Waals surface area contributed by atoms with E-state index in [-0.39, 0.29) is 17.2 Å². The van der Waals surface area contributed by atoms with Crippen LogP contribution in [0.5, 0.6) is 5.75 Å². The molecule has 3 N–H and O–H groups in total. The van der Waals surface area contributed by atoms with Crippen molar-refractivity contribution < 1.29 is 10.2 Å². The summed E-state index contributed by atoms with van der Waals surface area (Å²) in [5, 5.41) is 19.2. The lowest BCUT2D eigenvalue weighted by Crippen LogP contribution is -2.12. The summed E-state index contributed by atoms with van der Waals surface area (Å²) in [4.78, 5) is 22.7. The molecular formula is C15H11N3O3. The number of benzene rings is 1. The fourth-order valence-electron chi connectivity index (χ4n) is 1.88. The van der Waals surface area contributed by atoms with E-state index in [1.54, 1.807) is 18.3 Å².